The molecule has 1 aromatic carbocycles. The van der Waals surface area contributed by atoms with Crippen molar-refractivity contribution in [2.75, 3.05) is 0 Å². The molecule has 1 unspecified atom stereocenters. The standard InChI is InChI=1S/C17H17BrN2O/c1-11-4-3-5-15(20-11)10-19-12(2)17-9-13-8-14(18)6-7-16(13)21-17/h3-9,12,19H,10H2,1-2H3. The normalized spacial score (nSPS) is 12.7. The highest BCUT2D eigenvalue weighted by Crippen LogP contribution is 2.26. The van der Waals surface area contributed by atoms with Gasteiger partial charge in [0, 0.05) is 22.1 Å². The second kappa shape index (κ2) is 6.00. The third-order valence-corrected chi connectivity index (χ3v) is 3.95. The third kappa shape index (κ3) is 3.34. The third-order valence-electron chi connectivity index (χ3n) is 3.46. The molecule has 0 aliphatic carbocycles. The molecule has 108 valence electrons. The quantitative estimate of drug-likeness (QED) is 0.742. The number of nitrogens with one attached hydrogen (secondary N) is 1. The zero-order valence-electron chi connectivity index (χ0n) is 12.1. The van der Waals surface area contributed by atoms with E-state index in [2.05, 4.69) is 45.3 Å². The van der Waals surface area contributed by atoms with E-state index in [4.69, 9.17) is 4.42 Å². The molecule has 2 heterocycles. The highest BCUT2D eigenvalue weighted by molar-refractivity contribution is 9.10. The molecular formula is C17H17BrN2O. The summed E-state index contributed by atoms with van der Waals surface area (Å²) < 4.78 is 6.96. The van der Waals surface area contributed by atoms with E-state index >= 15 is 0 Å². The van der Waals surface area contributed by atoms with Gasteiger partial charge >= 0.3 is 0 Å². The van der Waals surface area contributed by atoms with Crippen LogP contribution in [-0.2, 0) is 6.54 Å². The van der Waals surface area contributed by atoms with Gasteiger partial charge in [-0.2, -0.15) is 0 Å². The number of benzene rings is 1. The van der Waals surface area contributed by atoms with E-state index in [0.29, 0.717) is 0 Å². The first-order chi connectivity index (χ1) is 10.1. The van der Waals surface area contributed by atoms with Crippen LogP contribution in [0, 0.1) is 6.92 Å². The second-order valence-electron chi connectivity index (χ2n) is 5.20. The number of rotatable bonds is 4. The highest BCUT2D eigenvalue weighted by atomic mass is 79.9. The van der Waals surface area contributed by atoms with Crippen molar-refractivity contribution in [3.63, 3.8) is 0 Å². The van der Waals surface area contributed by atoms with Crippen LogP contribution in [0.2, 0.25) is 0 Å². The van der Waals surface area contributed by atoms with Gasteiger partial charge in [-0.3, -0.25) is 4.98 Å². The Kier molecular flexibility index (Phi) is 4.08. The number of aromatic nitrogens is 1. The minimum absolute atomic E-state index is 0.137. The summed E-state index contributed by atoms with van der Waals surface area (Å²) in [4.78, 5) is 4.49. The van der Waals surface area contributed by atoms with E-state index in [1.165, 1.54) is 0 Å². The average molecular weight is 345 g/mol. The first-order valence-corrected chi connectivity index (χ1v) is 7.76. The molecule has 0 aliphatic heterocycles. The number of pyridine rings is 1. The molecular weight excluding hydrogens is 328 g/mol. The first kappa shape index (κ1) is 14.3. The van der Waals surface area contributed by atoms with Crippen LogP contribution in [0.15, 0.2) is 51.4 Å². The van der Waals surface area contributed by atoms with Crippen molar-refractivity contribution in [1.29, 1.82) is 0 Å². The van der Waals surface area contributed by atoms with Crippen LogP contribution in [0.5, 0.6) is 0 Å². The van der Waals surface area contributed by atoms with Gasteiger partial charge in [0.05, 0.1) is 11.7 Å². The molecule has 3 aromatic rings. The number of hydrogen-bond donors (Lipinski definition) is 1. The van der Waals surface area contributed by atoms with E-state index in [-0.39, 0.29) is 6.04 Å². The van der Waals surface area contributed by atoms with Crippen molar-refractivity contribution >= 4 is 26.9 Å². The molecule has 0 saturated carbocycles. The molecule has 3 rings (SSSR count). The Morgan fingerprint density at radius 3 is 2.90 bits per heavy atom. The Morgan fingerprint density at radius 1 is 1.24 bits per heavy atom. The Morgan fingerprint density at radius 2 is 2.10 bits per heavy atom. The molecule has 0 fully saturated rings. The molecule has 0 amide bonds. The van der Waals surface area contributed by atoms with Crippen LogP contribution in [-0.4, -0.2) is 4.98 Å². The van der Waals surface area contributed by atoms with Gasteiger partial charge in [0.15, 0.2) is 0 Å². The Bertz CT molecular complexity index is 766. The molecule has 0 bridgehead atoms. The molecule has 3 nitrogen and oxygen atoms in total. The fraction of sp³-hybridized carbons (Fsp3) is 0.235. The Labute approximate surface area is 132 Å². The maximum atomic E-state index is 5.89. The topological polar surface area (TPSA) is 38.1 Å². The van der Waals surface area contributed by atoms with Crippen LogP contribution in [0.4, 0.5) is 0 Å². The van der Waals surface area contributed by atoms with Crippen LogP contribution < -0.4 is 5.32 Å². The summed E-state index contributed by atoms with van der Waals surface area (Å²) in [6.45, 7) is 4.83. The lowest BCUT2D eigenvalue weighted by Gasteiger charge is -2.10. The summed E-state index contributed by atoms with van der Waals surface area (Å²) in [7, 11) is 0. The Balaban J connectivity index is 1.73. The molecule has 2 aromatic heterocycles. The van der Waals surface area contributed by atoms with Crippen LogP contribution in [0.1, 0.15) is 30.1 Å². The summed E-state index contributed by atoms with van der Waals surface area (Å²) >= 11 is 3.48. The maximum absolute atomic E-state index is 5.89. The van der Waals surface area contributed by atoms with Gasteiger partial charge in [-0.25, -0.2) is 0 Å². The second-order valence-corrected chi connectivity index (χ2v) is 6.12. The predicted molar refractivity (Wildman–Crippen MR) is 88.1 cm³/mol. The van der Waals surface area contributed by atoms with E-state index in [1.54, 1.807) is 0 Å². The van der Waals surface area contributed by atoms with E-state index in [9.17, 15) is 0 Å². The zero-order valence-corrected chi connectivity index (χ0v) is 13.6. The van der Waals surface area contributed by atoms with Crippen molar-refractivity contribution in [2.45, 2.75) is 26.4 Å². The van der Waals surface area contributed by atoms with Gasteiger partial charge < -0.3 is 9.73 Å². The summed E-state index contributed by atoms with van der Waals surface area (Å²) in [6, 6.07) is 14.3. The lowest BCUT2D eigenvalue weighted by atomic mass is 10.2. The lowest BCUT2D eigenvalue weighted by molar-refractivity contribution is 0.449. The number of hydrogen-bond acceptors (Lipinski definition) is 3. The maximum Gasteiger partial charge on any atom is 0.134 e. The minimum Gasteiger partial charge on any atom is -0.459 e. The van der Waals surface area contributed by atoms with E-state index in [1.807, 2.05) is 37.3 Å². The van der Waals surface area contributed by atoms with Crippen LogP contribution in [0.3, 0.4) is 0 Å². The lowest BCUT2D eigenvalue weighted by Crippen LogP contribution is -2.18. The summed E-state index contributed by atoms with van der Waals surface area (Å²) in [5.41, 5.74) is 2.99. The molecule has 1 atom stereocenters. The van der Waals surface area contributed by atoms with Gasteiger partial charge in [0.25, 0.3) is 0 Å². The van der Waals surface area contributed by atoms with Gasteiger partial charge in [0.1, 0.15) is 11.3 Å². The molecule has 4 heteroatoms. The van der Waals surface area contributed by atoms with Crippen molar-refractivity contribution in [2.24, 2.45) is 0 Å². The zero-order chi connectivity index (χ0) is 14.8. The van der Waals surface area contributed by atoms with Gasteiger partial charge in [0.2, 0.25) is 0 Å². The van der Waals surface area contributed by atoms with Gasteiger partial charge in [-0.15, -0.1) is 0 Å². The largest absolute Gasteiger partial charge is 0.459 e. The number of aryl methyl sites for hydroxylation is 1. The van der Waals surface area contributed by atoms with Gasteiger partial charge in [-0.1, -0.05) is 22.0 Å². The predicted octanol–water partition coefficient (Wildman–Crippen LogP) is 4.75. The molecule has 0 saturated heterocycles. The van der Waals surface area contributed by atoms with E-state index in [0.717, 1.165) is 39.1 Å². The molecule has 21 heavy (non-hydrogen) atoms. The van der Waals surface area contributed by atoms with Crippen LogP contribution in [0.25, 0.3) is 11.0 Å². The molecule has 1 N–H and O–H groups in total. The average Bonchev–Trinajstić information content (AvgIpc) is 2.88. The number of nitrogens with zero attached hydrogens (tertiary/aromatic N) is 1. The van der Waals surface area contributed by atoms with Gasteiger partial charge in [-0.05, 0) is 50.2 Å². The summed E-state index contributed by atoms with van der Waals surface area (Å²) in [5, 5.41) is 4.56. The highest BCUT2D eigenvalue weighted by Gasteiger charge is 2.11. The minimum atomic E-state index is 0.137. The molecule has 0 aliphatic rings. The monoisotopic (exact) mass is 344 g/mol. The number of halogens is 1. The van der Waals surface area contributed by atoms with E-state index < -0.39 is 0 Å². The summed E-state index contributed by atoms with van der Waals surface area (Å²) in [6.07, 6.45) is 0. The van der Waals surface area contributed by atoms with Crippen molar-refractivity contribution in [1.82, 2.24) is 10.3 Å². The number of furan rings is 1. The molecule has 0 radical (unpaired) electrons. The summed E-state index contributed by atoms with van der Waals surface area (Å²) in [5.74, 6) is 0.941. The Hall–Kier alpha value is -1.65. The van der Waals surface area contributed by atoms with Crippen LogP contribution >= 0.6 is 15.9 Å². The molecule has 0 spiro atoms. The van der Waals surface area contributed by atoms with Crippen molar-refractivity contribution in [3.05, 3.63) is 64.1 Å². The SMILES string of the molecule is Cc1cccc(CNC(C)c2cc3cc(Br)ccc3o2)n1. The first-order valence-electron chi connectivity index (χ1n) is 6.97. The number of fused-ring (bicyclic) bond motifs is 1. The fourth-order valence-electron chi connectivity index (χ4n) is 2.30. The fourth-order valence-corrected chi connectivity index (χ4v) is 2.68. The van der Waals surface area contributed by atoms with Crippen molar-refractivity contribution in [3.8, 4) is 0 Å². The van der Waals surface area contributed by atoms with Crippen molar-refractivity contribution < 1.29 is 4.42 Å². The smallest absolute Gasteiger partial charge is 0.134 e.